The van der Waals surface area contributed by atoms with Crippen LogP contribution < -0.4 is 0 Å². The summed E-state index contributed by atoms with van der Waals surface area (Å²) in [6.45, 7) is 4.00. The maximum atomic E-state index is 6.00. The van der Waals surface area contributed by atoms with Crippen LogP contribution in [0.2, 0.25) is 0 Å². The highest BCUT2D eigenvalue weighted by atomic mass is 16.3. The van der Waals surface area contributed by atoms with E-state index >= 15 is 0 Å². The summed E-state index contributed by atoms with van der Waals surface area (Å²) in [5.41, 5.74) is 4.37. The second-order valence-corrected chi connectivity index (χ2v) is 5.54. The molecule has 2 nitrogen and oxygen atoms in total. The lowest BCUT2D eigenvalue weighted by Crippen LogP contribution is -1.85. The first-order valence-corrected chi connectivity index (χ1v) is 8.11. The Bertz CT molecular complexity index is 1140. The molecule has 23 heavy (non-hydrogen) atoms. The molecule has 0 saturated carbocycles. The minimum atomic E-state index is 0.951. The number of furan rings is 1. The summed E-state index contributed by atoms with van der Waals surface area (Å²) < 4.78 is 8.23. The molecule has 0 radical (unpaired) electrons. The topological polar surface area (TPSA) is 18.1 Å². The molecule has 5 rings (SSSR count). The Hall–Kier alpha value is -2.74. The molecule has 2 heterocycles. The smallest absolute Gasteiger partial charge is 0.137 e. The normalized spacial score (nSPS) is 11.3. The van der Waals surface area contributed by atoms with Crippen LogP contribution >= 0.6 is 0 Å². The van der Waals surface area contributed by atoms with Crippen molar-refractivity contribution < 1.29 is 4.42 Å². The molecule has 0 saturated heterocycles. The summed E-state index contributed by atoms with van der Waals surface area (Å²) in [4.78, 5) is 0. The van der Waals surface area contributed by atoms with Crippen LogP contribution in [0.25, 0.3) is 43.7 Å². The second-order valence-electron chi connectivity index (χ2n) is 5.54. The average Bonchev–Trinajstić information content (AvgIpc) is 3.11. The number of hydrogen-bond acceptors (Lipinski definition) is 1. The van der Waals surface area contributed by atoms with Crippen molar-refractivity contribution in [3.05, 3.63) is 60.7 Å². The SMILES string of the molecule is CC.Cn1c2ccccc2c2cc3c(cc21)oc1ccccc13. The predicted molar refractivity (Wildman–Crippen MR) is 99.1 cm³/mol. The van der Waals surface area contributed by atoms with Gasteiger partial charge in [-0.1, -0.05) is 50.2 Å². The van der Waals surface area contributed by atoms with Crippen molar-refractivity contribution in [1.29, 1.82) is 0 Å². The van der Waals surface area contributed by atoms with Crippen molar-refractivity contribution >= 4 is 43.7 Å². The summed E-state index contributed by atoms with van der Waals surface area (Å²) in [6.07, 6.45) is 0. The first-order chi connectivity index (χ1) is 11.3. The molecule has 0 N–H and O–H groups in total. The van der Waals surface area contributed by atoms with Gasteiger partial charge in [-0.15, -0.1) is 0 Å². The number of rotatable bonds is 0. The van der Waals surface area contributed by atoms with Gasteiger partial charge in [0.25, 0.3) is 0 Å². The highest BCUT2D eigenvalue weighted by Gasteiger charge is 2.12. The molecule has 0 spiro atoms. The lowest BCUT2D eigenvalue weighted by atomic mass is 10.1. The van der Waals surface area contributed by atoms with E-state index in [4.69, 9.17) is 4.42 Å². The van der Waals surface area contributed by atoms with Crippen molar-refractivity contribution in [2.24, 2.45) is 7.05 Å². The van der Waals surface area contributed by atoms with Gasteiger partial charge >= 0.3 is 0 Å². The highest BCUT2D eigenvalue weighted by molar-refractivity contribution is 6.16. The molecule has 0 aliphatic heterocycles. The first-order valence-electron chi connectivity index (χ1n) is 8.11. The lowest BCUT2D eigenvalue weighted by molar-refractivity contribution is 0.669. The molecule has 2 heteroatoms. The summed E-state index contributed by atoms with van der Waals surface area (Å²) in [6, 6.07) is 21.2. The van der Waals surface area contributed by atoms with Crippen LogP contribution in [0.1, 0.15) is 13.8 Å². The van der Waals surface area contributed by atoms with Crippen LogP contribution in [0.5, 0.6) is 0 Å². The van der Waals surface area contributed by atoms with Crippen LogP contribution in [0.3, 0.4) is 0 Å². The predicted octanol–water partition coefficient (Wildman–Crippen LogP) is 6.26. The summed E-state index contributed by atoms with van der Waals surface area (Å²) >= 11 is 0. The van der Waals surface area contributed by atoms with Gasteiger partial charge < -0.3 is 8.98 Å². The van der Waals surface area contributed by atoms with Crippen LogP contribution in [-0.2, 0) is 7.05 Å². The van der Waals surface area contributed by atoms with Gasteiger partial charge in [-0.25, -0.2) is 0 Å². The molecule has 5 aromatic rings. The van der Waals surface area contributed by atoms with Gasteiger partial charge in [0.15, 0.2) is 0 Å². The van der Waals surface area contributed by atoms with Gasteiger partial charge in [-0.05, 0) is 18.2 Å². The number of para-hydroxylation sites is 2. The minimum Gasteiger partial charge on any atom is -0.456 e. The molecule has 0 aliphatic carbocycles. The molecular formula is C21H19NO. The fraction of sp³-hybridized carbons (Fsp3) is 0.143. The molecular weight excluding hydrogens is 282 g/mol. The Morgan fingerprint density at radius 3 is 2.17 bits per heavy atom. The Morgan fingerprint density at radius 1 is 0.652 bits per heavy atom. The Labute approximate surface area is 134 Å². The van der Waals surface area contributed by atoms with E-state index in [1.807, 2.05) is 26.0 Å². The van der Waals surface area contributed by atoms with Crippen molar-refractivity contribution in [1.82, 2.24) is 4.57 Å². The van der Waals surface area contributed by atoms with Crippen LogP contribution in [0.4, 0.5) is 0 Å². The molecule has 0 aliphatic rings. The maximum absolute atomic E-state index is 6.00. The molecule has 0 bridgehead atoms. The third kappa shape index (κ3) is 1.88. The highest BCUT2D eigenvalue weighted by Crippen LogP contribution is 2.35. The maximum Gasteiger partial charge on any atom is 0.137 e. The zero-order valence-corrected chi connectivity index (χ0v) is 13.6. The quantitative estimate of drug-likeness (QED) is 0.330. The fourth-order valence-corrected chi connectivity index (χ4v) is 3.38. The number of hydrogen-bond donors (Lipinski definition) is 0. The van der Waals surface area contributed by atoms with Crippen molar-refractivity contribution in [2.45, 2.75) is 13.8 Å². The third-order valence-corrected chi connectivity index (χ3v) is 4.41. The summed E-state index contributed by atoms with van der Waals surface area (Å²) in [5.74, 6) is 0. The molecule has 0 amide bonds. The van der Waals surface area contributed by atoms with Crippen molar-refractivity contribution in [3.63, 3.8) is 0 Å². The van der Waals surface area contributed by atoms with Gasteiger partial charge in [0.05, 0.1) is 5.52 Å². The molecule has 3 aromatic carbocycles. The van der Waals surface area contributed by atoms with Crippen LogP contribution in [0, 0.1) is 0 Å². The Kier molecular flexibility index (Phi) is 3.12. The van der Waals surface area contributed by atoms with Crippen LogP contribution in [-0.4, -0.2) is 4.57 Å². The summed E-state index contributed by atoms with van der Waals surface area (Å²) in [5, 5.41) is 4.95. The standard InChI is InChI=1S/C19H13NO.C2H6/c1-20-16-8-4-2-6-12(16)14-10-15-13-7-3-5-9-18(13)21-19(15)11-17(14)20;1-2/h2-11H,1H3;1-2H3. The molecule has 114 valence electrons. The molecule has 0 fully saturated rings. The van der Waals surface area contributed by atoms with E-state index in [9.17, 15) is 0 Å². The van der Waals surface area contributed by atoms with Gasteiger partial charge in [0.1, 0.15) is 11.2 Å². The molecule has 2 aromatic heterocycles. The Balaban J connectivity index is 0.000000652. The van der Waals surface area contributed by atoms with E-state index in [1.165, 1.54) is 32.6 Å². The van der Waals surface area contributed by atoms with Gasteiger partial charge in [0, 0.05) is 40.2 Å². The number of nitrogens with zero attached hydrogens (tertiary/aromatic N) is 1. The zero-order valence-electron chi connectivity index (χ0n) is 13.6. The van der Waals surface area contributed by atoms with Crippen LogP contribution in [0.15, 0.2) is 65.1 Å². The van der Waals surface area contributed by atoms with E-state index in [2.05, 4.69) is 60.1 Å². The molecule has 0 unspecified atom stereocenters. The summed E-state index contributed by atoms with van der Waals surface area (Å²) in [7, 11) is 2.11. The lowest BCUT2D eigenvalue weighted by Gasteiger charge is -1.97. The monoisotopic (exact) mass is 301 g/mol. The van der Waals surface area contributed by atoms with Gasteiger partial charge in [-0.3, -0.25) is 0 Å². The van der Waals surface area contributed by atoms with E-state index in [0.717, 1.165) is 11.2 Å². The van der Waals surface area contributed by atoms with E-state index in [-0.39, 0.29) is 0 Å². The van der Waals surface area contributed by atoms with Crippen molar-refractivity contribution in [2.75, 3.05) is 0 Å². The van der Waals surface area contributed by atoms with E-state index in [1.54, 1.807) is 0 Å². The first kappa shape index (κ1) is 13.9. The Morgan fingerprint density at radius 2 is 1.35 bits per heavy atom. The second kappa shape index (κ2) is 5.17. The largest absolute Gasteiger partial charge is 0.456 e. The van der Waals surface area contributed by atoms with Gasteiger partial charge in [0.2, 0.25) is 0 Å². The number of aromatic nitrogens is 1. The minimum absolute atomic E-state index is 0.951. The third-order valence-electron chi connectivity index (χ3n) is 4.41. The van der Waals surface area contributed by atoms with E-state index in [0.29, 0.717) is 0 Å². The fourth-order valence-electron chi connectivity index (χ4n) is 3.38. The van der Waals surface area contributed by atoms with E-state index < -0.39 is 0 Å². The van der Waals surface area contributed by atoms with Crippen molar-refractivity contribution in [3.8, 4) is 0 Å². The van der Waals surface area contributed by atoms with Gasteiger partial charge in [-0.2, -0.15) is 0 Å². The number of benzene rings is 3. The number of aryl methyl sites for hydroxylation is 1. The zero-order chi connectivity index (χ0) is 16.0. The molecule has 0 atom stereocenters. The number of fused-ring (bicyclic) bond motifs is 6. The average molecular weight is 301 g/mol.